The lowest BCUT2D eigenvalue weighted by Crippen LogP contribution is -2.20. The van der Waals surface area contributed by atoms with Crippen LogP contribution in [0.5, 0.6) is 0 Å². The van der Waals surface area contributed by atoms with Crippen molar-refractivity contribution >= 4 is 45.7 Å². The molecule has 5 rings (SSSR count). The normalized spacial score (nSPS) is 23.9. The number of rotatable bonds is 3. The van der Waals surface area contributed by atoms with E-state index < -0.39 is 5.82 Å². The maximum Gasteiger partial charge on any atom is 0.166 e. The smallest absolute Gasteiger partial charge is 0.166 e. The molecule has 1 aliphatic heterocycles. The lowest BCUT2D eigenvalue weighted by Gasteiger charge is -2.14. The molecule has 1 aromatic carbocycles. The third-order valence-corrected chi connectivity index (χ3v) is 6.12. The maximum atomic E-state index is 14.4. The van der Waals surface area contributed by atoms with Crippen LogP contribution in [0.15, 0.2) is 30.6 Å². The van der Waals surface area contributed by atoms with Crippen LogP contribution in [0.1, 0.15) is 12.1 Å². The second-order valence-corrected chi connectivity index (χ2v) is 7.61. The Morgan fingerprint density at radius 2 is 2.08 bits per heavy atom. The quantitative estimate of drug-likeness (QED) is 0.660. The first-order valence-electron chi connectivity index (χ1n) is 8.32. The van der Waals surface area contributed by atoms with Crippen LogP contribution in [-0.2, 0) is 5.41 Å². The van der Waals surface area contributed by atoms with Gasteiger partial charge < -0.3 is 10.6 Å². The fourth-order valence-electron chi connectivity index (χ4n) is 3.80. The SMILES string of the molecule is Fc1c(Nc2ncnc3ccc(C45CNCC4C5)nc23)ccc(Cl)c1Cl. The fourth-order valence-corrected chi connectivity index (χ4v) is 4.11. The molecule has 132 valence electrons. The highest BCUT2D eigenvalue weighted by Gasteiger charge is 2.59. The number of aromatic nitrogens is 3. The zero-order valence-corrected chi connectivity index (χ0v) is 15.1. The minimum atomic E-state index is -0.622. The van der Waals surface area contributed by atoms with Gasteiger partial charge in [0.2, 0.25) is 0 Å². The van der Waals surface area contributed by atoms with Gasteiger partial charge in [-0.3, -0.25) is 0 Å². The van der Waals surface area contributed by atoms with Gasteiger partial charge >= 0.3 is 0 Å². The van der Waals surface area contributed by atoms with E-state index in [-0.39, 0.29) is 21.1 Å². The Balaban J connectivity index is 1.59. The van der Waals surface area contributed by atoms with E-state index in [1.807, 2.05) is 12.1 Å². The van der Waals surface area contributed by atoms with Gasteiger partial charge in [0.15, 0.2) is 11.6 Å². The van der Waals surface area contributed by atoms with E-state index in [1.165, 1.54) is 18.5 Å². The number of hydrogen-bond acceptors (Lipinski definition) is 5. The summed E-state index contributed by atoms with van der Waals surface area (Å²) >= 11 is 11.8. The van der Waals surface area contributed by atoms with Crippen molar-refractivity contribution in [3.8, 4) is 0 Å². The van der Waals surface area contributed by atoms with Crippen molar-refractivity contribution in [2.75, 3.05) is 18.4 Å². The molecule has 0 bridgehead atoms. The average Bonchev–Trinajstić information content (AvgIpc) is 3.23. The van der Waals surface area contributed by atoms with Crippen molar-refractivity contribution < 1.29 is 4.39 Å². The molecule has 1 saturated carbocycles. The van der Waals surface area contributed by atoms with Crippen molar-refractivity contribution in [1.29, 1.82) is 0 Å². The van der Waals surface area contributed by atoms with Crippen molar-refractivity contribution in [2.24, 2.45) is 5.92 Å². The van der Waals surface area contributed by atoms with Crippen molar-refractivity contribution in [1.82, 2.24) is 20.3 Å². The molecule has 2 fully saturated rings. The van der Waals surface area contributed by atoms with E-state index in [0.717, 1.165) is 25.2 Å². The number of fused-ring (bicyclic) bond motifs is 2. The standard InChI is InChI=1S/C18H14Cl2FN5/c19-10-1-2-11(15(21)14(10)20)25-17-16-12(23-8-24-17)3-4-13(26-16)18-5-9(18)6-22-7-18/h1-4,8-9,22H,5-7H2,(H,23,24,25). The molecule has 26 heavy (non-hydrogen) atoms. The van der Waals surface area contributed by atoms with E-state index in [0.29, 0.717) is 22.8 Å². The van der Waals surface area contributed by atoms with Gasteiger partial charge in [0.25, 0.3) is 0 Å². The van der Waals surface area contributed by atoms with Crippen molar-refractivity contribution in [2.45, 2.75) is 11.8 Å². The molecule has 2 aromatic heterocycles. The molecule has 0 amide bonds. The lowest BCUT2D eigenvalue weighted by molar-refractivity contribution is 0.632. The van der Waals surface area contributed by atoms with Gasteiger partial charge in [0.1, 0.15) is 11.8 Å². The predicted octanol–water partition coefficient (Wildman–Crippen LogP) is 4.08. The Bertz CT molecular complexity index is 1040. The van der Waals surface area contributed by atoms with Gasteiger partial charge in [0, 0.05) is 17.7 Å². The van der Waals surface area contributed by atoms with Crippen LogP contribution >= 0.6 is 23.2 Å². The topological polar surface area (TPSA) is 62.7 Å². The number of benzene rings is 1. The monoisotopic (exact) mass is 389 g/mol. The number of piperidine rings is 1. The summed E-state index contributed by atoms with van der Waals surface area (Å²) in [6.45, 7) is 1.97. The molecule has 0 radical (unpaired) electrons. The minimum absolute atomic E-state index is 0.121. The highest BCUT2D eigenvalue weighted by Crippen LogP contribution is 2.55. The van der Waals surface area contributed by atoms with E-state index in [4.69, 9.17) is 28.2 Å². The van der Waals surface area contributed by atoms with Gasteiger partial charge in [0.05, 0.1) is 21.2 Å². The van der Waals surface area contributed by atoms with Crippen LogP contribution < -0.4 is 10.6 Å². The fraction of sp³-hybridized carbons (Fsp3) is 0.278. The van der Waals surface area contributed by atoms with Gasteiger partial charge in [-0.25, -0.2) is 19.3 Å². The minimum Gasteiger partial charge on any atom is -0.336 e. The first-order chi connectivity index (χ1) is 12.6. The number of anilines is 2. The summed E-state index contributed by atoms with van der Waals surface area (Å²) < 4.78 is 14.4. The second-order valence-electron chi connectivity index (χ2n) is 6.82. The van der Waals surface area contributed by atoms with Crippen molar-refractivity contribution in [3.05, 3.63) is 52.1 Å². The largest absolute Gasteiger partial charge is 0.336 e. The molecular formula is C18H14Cl2FN5. The van der Waals surface area contributed by atoms with E-state index in [2.05, 4.69) is 20.6 Å². The summed E-state index contributed by atoms with van der Waals surface area (Å²) in [6, 6.07) is 7.04. The van der Waals surface area contributed by atoms with Gasteiger partial charge in [-0.2, -0.15) is 0 Å². The van der Waals surface area contributed by atoms with E-state index in [1.54, 1.807) is 0 Å². The molecule has 1 aliphatic carbocycles. The van der Waals surface area contributed by atoms with Crippen LogP contribution in [0.2, 0.25) is 10.0 Å². The molecule has 2 N–H and O–H groups in total. The summed E-state index contributed by atoms with van der Waals surface area (Å²) in [6.07, 6.45) is 2.58. The number of hydrogen-bond donors (Lipinski definition) is 2. The number of nitrogens with zero attached hydrogens (tertiary/aromatic N) is 3. The summed E-state index contributed by atoms with van der Waals surface area (Å²) in [4.78, 5) is 13.4. The van der Waals surface area contributed by atoms with Crippen LogP contribution in [0.25, 0.3) is 11.0 Å². The summed E-state index contributed by atoms with van der Waals surface area (Å²) in [5, 5.41) is 6.44. The highest BCUT2D eigenvalue weighted by molar-refractivity contribution is 6.42. The van der Waals surface area contributed by atoms with Gasteiger partial charge in [-0.15, -0.1) is 0 Å². The summed E-state index contributed by atoms with van der Waals surface area (Å²) in [7, 11) is 0. The Morgan fingerprint density at radius 3 is 2.85 bits per heavy atom. The Kier molecular flexibility index (Phi) is 3.57. The Hall–Kier alpha value is -2.02. The van der Waals surface area contributed by atoms with Crippen LogP contribution in [-0.4, -0.2) is 28.0 Å². The third kappa shape index (κ3) is 2.36. The molecule has 2 atom stereocenters. The number of halogens is 3. The Labute approximate surface area is 159 Å². The number of nitrogens with one attached hydrogen (secondary N) is 2. The summed E-state index contributed by atoms with van der Waals surface area (Å²) in [5.41, 5.74) is 2.66. The molecule has 2 aliphatic rings. The zero-order chi connectivity index (χ0) is 17.9. The van der Waals surface area contributed by atoms with Crippen LogP contribution in [0.4, 0.5) is 15.9 Å². The third-order valence-electron chi connectivity index (χ3n) is 5.34. The van der Waals surface area contributed by atoms with Gasteiger partial charge in [-0.05, 0) is 43.1 Å². The zero-order valence-electron chi connectivity index (χ0n) is 13.6. The van der Waals surface area contributed by atoms with Crippen molar-refractivity contribution in [3.63, 3.8) is 0 Å². The Morgan fingerprint density at radius 1 is 1.19 bits per heavy atom. The molecule has 8 heteroatoms. The highest BCUT2D eigenvalue weighted by atomic mass is 35.5. The molecule has 5 nitrogen and oxygen atoms in total. The molecule has 2 unspecified atom stereocenters. The first kappa shape index (κ1) is 16.2. The average molecular weight is 390 g/mol. The van der Waals surface area contributed by atoms with Crippen LogP contribution in [0, 0.1) is 11.7 Å². The second kappa shape index (κ2) is 5.74. The van der Waals surface area contributed by atoms with Crippen LogP contribution in [0.3, 0.4) is 0 Å². The maximum absolute atomic E-state index is 14.4. The lowest BCUT2D eigenvalue weighted by atomic mass is 10.0. The summed E-state index contributed by atoms with van der Waals surface area (Å²) in [5.74, 6) is 0.456. The predicted molar refractivity (Wildman–Crippen MR) is 99.7 cm³/mol. The molecule has 3 aromatic rings. The number of pyridine rings is 1. The first-order valence-corrected chi connectivity index (χ1v) is 9.07. The van der Waals surface area contributed by atoms with E-state index >= 15 is 0 Å². The molecule has 0 spiro atoms. The molecule has 1 saturated heterocycles. The van der Waals surface area contributed by atoms with Gasteiger partial charge in [-0.1, -0.05) is 23.2 Å². The van der Waals surface area contributed by atoms with E-state index in [9.17, 15) is 4.39 Å². The molecule has 3 heterocycles. The molecular weight excluding hydrogens is 376 g/mol.